The topological polar surface area (TPSA) is 75.6 Å². The van der Waals surface area contributed by atoms with Crippen LogP contribution < -0.4 is 5.32 Å². The lowest BCUT2D eigenvalue weighted by atomic mass is 10.1. The zero-order valence-corrected chi connectivity index (χ0v) is 13.4. The number of anilines is 1. The Morgan fingerprint density at radius 3 is 2.78 bits per heavy atom. The van der Waals surface area contributed by atoms with Crippen LogP contribution in [0.1, 0.15) is 32.9 Å². The van der Waals surface area contributed by atoms with Crippen LogP contribution in [0, 0.1) is 20.8 Å². The number of aromatic nitrogens is 4. The number of carbonyl (C=O) groups is 1. The molecule has 2 aromatic heterocycles. The molecule has 0 aliphatic heterocycles. The number of hydrogen-bond donors (Lipinski definition) is 2. The van der Waals surface area contributed by atoms with Crippen LogP contribution in [0.2, 0.25) is 0 Å². The van der Waals surface area contributed by atoms with Crippen molar-refractivity contribution in [2.75, 3.05) is 5.32 Å². The van der Waals surface area contributed by atoms with Crippen LogP contribution in [0.4, 0.5) is 5.82 Å². The Hall–Kier alpha value is -2.89. The normalized spacial score (nSPS) is 10.7. The third kappa shape index (κ3) is 3.31. The number of aromatic amines is 1. The Bertz CT molecular complexity index is 846. The molecule has 23 heavy (non-hydrogen) atoms. The molecule has 3 aromatic rings. The van der Waals surface area contributed by atoms with Crippen molar-refractivity contribution in [3.8, 4) is 0 Å². The molecule has 118 valence electrons. The average molecular weight is 309 g/mol. The monoisotopic (exact) mass is 309 g/mol. The second-order valence-electron chi connectivity index (χ2n) is 5.71. The van der Waals surface area contributed by atoms with E-state index >= 15 is 0 Å². The van der Waals surface area contributed by atoms with Crippen molar-refractivity contribution in [2.45, 2.75) is 27.3 Å². The molecule has 0 aliphatic carbocycles. The molecule has 2 heterocycles. The van der Waals surface area contributed by atoms with Crippen molar-refractivity contribution in [1.82, 2.24) is 20.0 Å². The van der Waals surface area contributed by atoms with E-state index in [1.807, 2.05) is 26.0 Å². The summed E-state index contributed by atoms with van der Waals surface area (Å²) in [6.45, 7) is 6.44. The first kappa shape index (κ1) is 15.0. The fraction of sp³-hybridized carbons (Fsp3) is 0.235. The van der Waals surface area contributed by atoms with Crippen molar-refractivity contribution in [3.05, 3.63) is 64.6 Å². The third-order valence-corrected chi connectivity index (χ3v) is 3.61. The highest BCUT2D eigenvalue weighted by atomic mass is 16.2. The quantitative estimate of drug-likeness (QED) is 0.778. The highest BCUT2D eigenvalue weighted by Gasteiger charge is 2.15. The van der Waals surface area contributed by atoms with Crippen LogP contribution in [-0.4, -0.2) is 25.9 Å². The number of nitrogens with one attached hydrogen (secondary N) is 2. The molecule has 6 nitrogen and oxygen atoms in total. The third-order valence-electron chi connectivity index (χ3n) is 3.61. The van der Waals surface area contributed by atoms with E-state index in [1.165, 1.54) is 5.56 Å². The Morgan fingerprint density at radius 1 is 1.26 bits per heavy atom. The maximum Gasteiger partial charge on any atom is 0.277 e. The molecule has 0 radical (unpaired) electrons. The van der Waals surface area contributed by atoms with Gasteiger partial charge in [-0.15, -0.1) is 0 Å². The number of rotatable bonds is 4. The van der Waals surface area contributed by atoms with Gasteiger partial charge in [0.1, 0.15) is 5.82 Å². The van der Waals surface area contributed by atoms with Crippen molar-refractivity contribution < 1.29 is 4.79 Å². The van der Waals surface area contributed by atoms with Crippen molar-refractivity contribution in [2.24, 2.45) is 0 Å². The number of hydrogen-bond acceptors (Lipinski definition) is 3. The molecule has 0 fully saturated rings. The molecule has 0 unspecified atom stereocenters. The Labute approximate surface area is 134 Å². The van der Waals surface area contributed by atoms with E-state index in [0.29, 0.717) is 18.1 Å². The van der Waals surface area contributed by atoms with E-state index in [4.69, 9.17) is 0 Å². The summed E-state index contributed by atoms with van der Waals surface area (Å²) >= 11 is 0. The molecule has 0 spiro atoms. The zero-order valence-electron chi connectivity index (χ0n) is 13.4. The summed E-state index contributed by atoms with van der Waals surface area (Å²) in [6, 6.07) is 9.95. The van der Waals surface area contributed by atoms with Gasteiger partial charge in [0.2, 0.25) is 0 Å². The molecule has 1 amide bonds. The number of nitrogens with zero attached hydrogens (tertiary/aromatic N) is 3. The van der Waals surface area contributed by atoms with Gasteiger partial charge in [0.25, 0.3) is 5.91 Å². The summed E-state index contributed by atoms with van der Waals surface area (Å²) in [5.41, 5.74) is 4.46. The molecule has 0 aliphatic rings. The molecule has 2 N–H and O–H groups in total. The van der Waals surface area contributed by atoms with Crippen molar-refractivity contribution >= 4 is 11.7 Å². The summed E-state index contributed by atoms with van der Waals surface area (Å²) in [5, 5.41) is 14.0. The summed E-state index contributed by atoms with van der Waals surface area (Å²) in [6.07, 6.45) is 1.75. The highest BCUT2D eigenvalue weighted by molar-refractivity contribution is 6.02. The minimum atomic E-state index is -0.247. The van der Waals surface area contributed by atoms with E-state index in [0.717, 1.165) is 16.8 Å². The van der Waals surface area contributed by atoms with Crippen LogP contribution in [0.5, 0.6) is 0 Å². The van der Waals surface area contributed by atoms with Gasteiger partial charge in [-0.05, 0) is 32.4 Å². The van der Waals surface area contributed by atoms with Gasteiger partial charge in [-0.25, -0.2) is 4.68 Å². The molecular formula is C17H19N5O. The minimum Gasteiger partial charge on any atom is -0.305 e. The van der Waals surface area contributed by atoms with Crippen LogP contribution >= 0.6 is 0 Å². The number of benzene rings is 1. The van der Waals surface area contributed by atoms with Gasteiger partial charge in [0.05, 0.1) is 12.7 Å². The van der Waals surface area contributed by atoms with E-state index in [-0.39, 0.29) is 5.91 Å². The van der Waals surface area contributed by atoms with Crippen LogP contribution in [0.3, 0.4) is 0 Å². The molecule has 0 bridgehead atoms. The van der Waals surface area contributed by atoms with E-state index in [9.17, 15) is 4.79 Å². The fourth-order valence-electron chi connectivity index (χ4n) is 2.45. The molecule has 1 aromatic carbocycles. The first-order valence-electron chi connectivity index (χ1n) is 7.44. The zero-order chi connectivity index (χ0) is 16.4. The maximum atomic E-state index is 12.3. The van der Waals surface area contributed by atoms with Gasteiger partial charge < -0.3 is 5.32 Å². The summed E-state index contributed by atoms with van der Waals surface area (Å²) < 4.78 is 1.79. The highest BCUT2D eigenvalue weighted by Crippen LogP contribution is 2.17. The predicted octanol–water partition coefficient (Wildman–Crippen LogP) is 2.83. The van der Waals surface area contributed by atoms with Gasteiger partial charge in [0, 0.05) is 11.3 Å². The standard InChI is InChI=1S/C17H19N5O/c1-11-5-4-6-14(7-11)10-22-16(12(2)9-18-22)19-17(23)15-8-13(3)20-21-15/h4-9H,10H2,1-3H3,(H,19,23)(H,20,21). The average Bonchev–Trinajstić information content (AvgIpc) is 3.08. The Balaban J connectivity index is 1.82. The molecule has 0 atom stereocenters. The van der Waals surface area contributed by atoms with Crippen LogP contribution in [0.25, 0.3) is 0 Å². The van der Waals surface area contributed by atoms with Crippen LogP contribution in [0.15, 0.2) is 36.5 Å². The fourth-order valence-corrected chi connectivity index (χ4v) is 2.45. The van der Waals surface area contributed by atoms with Gasteiger partial charge in [-0.2, -0.15) is 10.2 Å². The second kappa shape index (κ2) is 6.08. The van der Waals surface area contributed by atoms with Crippen LogP contribution in [-0.2, 0) is 6.54 Å². The molecule has 6 heteroatoms. The van der Waals surface area contributed by atoms with E-state index in [2.05, 4.69) is 39.7 Å². The number of H-pyrrole nitrogens is 1. The van der Waals surface area contributed by atoms with Gasteiger partial charge in [-0.3, -0.25) is 9.89 Å². The van der Waals surface area contributed by atoms with Gasteiger partial charge in [-0.1, -0.05) is 29.8 Å². The number of aryl methyl sites for hydroxylation is 3. The minimum absolute atomic E-state index is 0.247. The second-order valence-corrected chi connectivity index (χ2v) is 5.71. The number of carbonyl (C=O) groups excluding carboxylic acids is 1. The lowest BCUT2D eigenvalue weighted by molar-refractivity contribution is 0.102. The lowest BCUT2D eigenvalue weighted by Gasteiger charge is -2.10. The van der Waals surface area contributed by atoms with Crippen molar-refractivity contribution in [3.63, 3.8) is 0 Å². The first-order valence-corrected chi connectivity index (χ1v) is 7.44. The molecule has 3 rings (SSSR count). The largest absolute Gasteiger partial charge is 0.305 e. The Kier molecular flexibility index (Phi) is 3.97. The summed E-state index contributed by atoms with van der Waals surface area (Å²) in [4.78, 5) is 12.3. The predicted molar refractivity (Wildman–Crippen MR) is 88.5 cm³/mol. The lowest BCUT2D eigenvalue weighted by Crippen LogP contribution is -2.17. The van der Waals surface area contributed by atoms with E-state index < -0.39 is 0 Å². The Morgan fingerprint density at radius 2 is 2.09 bits per heavy atom. The summed E-state index contributed by atoms with van der Waals surface area (Å²) in [7, 11) is 0. The molecule has 0 saturated carbocycles. The first-order chi connectivity index (χ1) is 11.0. The van der Waals surface area contributed by atoms with Crippen molar-refractivity contribution in [1.29, 1.82) is 0 Å². The maximum absolute atomic E-state index is 12.3. The molecular weight excluding hydrogens is 290 g/mol. The number of amides is 1. The smallest absolute Gasteiger partial charge is 0.277 e. The summed E-state index contributed by atoms with van der Waals surface area (Å²) in [5.74, 6) is 0.445. The van der Waals surface area contributed by atoms with Gasteiger partial charge >= 0.3 is 0 Å². The van der Waals surface area contributed by atoms with E-state index in [1.54, 1.807) is 16.9 Å². The SMILES string of the molecule is Cc1cccc(Cn2ncc(C)c2NC(=O)c2cc(C)[nH]n2)c1. The molecule has 0 saturated heterocycles. The van der Waals surface area contributed by atoms with Gasteiger partial charge in [0.15, 0.2) is 5.69 Å².